The third-order valence-electron chi connectivity index (χ3n) is 3.17. The van der Waals surface area contributed by atoms with Gasteiger partial charge in [-0.05, 0) is 25.0 Å². The van der Waals surface area contributed by atoms with Crippen LogP contribution in [0.2, 0.25) is 0 Å². The first kappa shape index (κ1) is 14.1. The second-order valence-corrected chi connectivity index (χ2v) is 6.83. The number of carbonyl (C=O) groups is 1. The van der Waals surface area contributed by atoms with Crippen LogP contribution >= 0.6 is 0 Å². The van der Waals surface area contributed by atoms with E-state index in [1.165, 1.54) is 26.2 Å². The maximum Gasteiger partial charge on any atom is 0.309 e. The lowest BCUT2D eigenvalue weighted by Crippen LogP contribution is -2.23. The van der Waals surface area contributed by atoms with Gasteiger partial charge >= 0.3 is 5.97 Å². The van der Waals surface area contributed by atoms with E-state index in [-0.39, 0.29) is 23.6 Å². The van der Waals surface area contributed by atoms with Crippen molar-refractivity contribution in [1.29, 1.82) is 0 Å². The quantitative estimate of drug-likeness (QED) is 0.764. The highest BCUT2D eigenvalue weighted by Crippen LogP contribution is 2.28. The van der Waals surface area contributed by atoms with E-state index in [1.54, 1.807) is 0 Å². The molecule has 0 radical (unpaired) electrons. The molecule has 0 aromatic carbocycles. The summed E-state index contributed by atoms with van der Waals surface area (Å²) in [5.74, 6) is 0.0905. The molecule has 1 fully saturated rings. The van der Waals surface area contributed by atoms with Crippen LogP contribution < -0.4 is 0 Å². The molecule has 0 atom stereocenters. The molecule has 0 spiro atoms. The molecule has 1 aromatic heterocycles. The second kappa shape index (κ2) is 5.34. The Morgan fingerprint density at radius 2 is 2.11 bits per heavy atom. The van der Waals surface area contributed by atoms with Gasteiger partial charge in [-0.3, -0.25) is 4.79 Å². The van der Waals surface area contributed by atoms with Crippen LogP contribution in [0.5, 0.6) is 0 Å². The fraction of sp³-hybridized carbons (Fsp3) is 0.583. The molecule has 1 aliphatic carbocycles. The first-order valence-corrected chi connectivity index (χ1v) is 7.53. The molecule has 0 unspecified atom stereocenters. The fourth-order valence-electron chi connectivity index (χ4n) is 1.66. The maximum absolute atomic E-state index is 11.8. The van der Waals surface area contributed by atoms with E-state index in [4.69, 9.17) is 9.15 Å². The molecule has 1 aliphatic rings. The summed E-state index contributed by atoms with van der Waals surface area (Å²) in [6.07, 6.45) is 2.81. The summed E-state index contributed by atoms with van der Waals surface area (Å²) < 4.78 is 34.9. The first-order chi connectivity index (χ1) is 8.91. The van der Waals surface area contributed by atoms with Gasteiger partial charge in [0.2, 0.25) is 5.09 Å². The number of sulfonamides is 1. The number of ether oxygens (including phenoxy) is 1. The Kier molecular flexibility index (Phi) is 3.96. The highest BCUT2D eigenvalue weighted by atomic mass is 32.2. The zero-order valence-corrected chi connectivity index (χ0v) is 11.8. The van der Waals surface area contributed by atoms with Gasteiger partial charge in [0.25, 0.3) is 10.0 Å². The topological polar surface area (TPSA) is 76.8 Å². The van der Waals surface area contributed by atoms with Gasteiger partial charge in [0.1, 0.15) is 12.4 Å². The molecule has 19 heavy (non-hydrogen) atoms. The number of carbonyl (C=O) groups excluding carboxylic acids is 1. The molecule has 0 N–H and O–H groups in total. The Bertz CT molecular complexity index is 556. The highest BCUT2D eigenvalue weighted by Gasteiger charge is 2.27. The summed E-state index contributed by atoms with van der Waals surface area (Å²) in [5.41, 5.74) is 0. The molecule has 1 heterocycles. The minimum atomic E-state index is -3.58. The van der Waals surface area contributed by atoms with Gasteiger partial charge in [-0.15, -0.1) is 0 Å². The molecule has 6 nitrogen and oxygen atoms in total. The smallest absolute Gasteiger partial charge is 0.309 e. The van der Waals surface area contributed by atoms with Crippen LogP contribution in [0.15, 0.2) is 21.6 Å². The number of hydrogen-bond donors (Lipinski definition) is 0. The molecule has 0 amide bonds. The summed E-state index contributed by atoms with van der Waals surface area (Å²) in [7, 11) is -0.729. The third-order valence-corrected chi connectivity index (χ3v) is 4.86. The summed E-state index contributed by atoms with van der Waals surface area (Å²) in [6.45, 7) is -0.0295. The van der Waals surface area contributed by atoms with E-state index >= 15 is 0 Å². The largest absolute Gasteiger partial charge is 0.457 e. The molecule has 1 saturated carbocycles. The minimum absolute atomic E-state index is 0.0000552. The lowest BCUT2D eigenvalue weighted by atomic mass is 9.86. The lowest BCUT2D eigenvalue weighted by molar-refractivity contribution is -0.153. The standard InChI is InChI=1S/C12H17NO5S/c1-13(2)19(15,16)11-7-6-10(18-11)8-17-12(14)9-4-3-5-9/h6-7,9H,3-5,8H2,1-2H3. The molecule has 106 valence electrons. The van der Waals surface area contributed by atoms with Gasteiger partial charge in [-0.1, -0.05) is 6.42 Å². The van der Waals surface area contributed by atoms with E-state index in [9.17, 15) is 13.2 Å². The minimum Gasteiger partial charge on any atom is -0.457 e. The molecule has 1 aromatic rings. The van der Waals surface area contributed by atoms with Crippen molar-refractivity contribution < 1.29 is 22.4 Å². The number of esters is 1. The Labute approximate surface area is 112 Å². The average Bonchev–Trinajstić information content (AvgIpc) is 2.72. The monoisotopic (exact) mass is 287 g/mol. The van der Waals surface area contributed by atoms with E-state index in [1.807, 2.05) is 0 Å². The summed E-state index contributed by atoms with van der Waals surface area (Å²) in [6, 6.07) is 2.87. The predicted molar refractivity (Wildman–Crippen MR) is 66.7 cm³/mol. The van der Waals surface area contributed by atoms with Gasteiger partial charge in [0.05, 0.1) is 5.92 Å². The maximum atomic E-state index is 11.8. The van der Waals surface area contributed by atoms with Crippen molar-refractivity contribution >= 4 is 16.0 Å². The zero-order chi connectivity index (χ0) is 14.0. The Morgan fingerprint density at radius 1 is 1.42 bits per heavy atom. The van der Waals surface area contributed by atoms with Crippen molar-refractivity contribution in [1.82, 2.24) is 4.31 Å². The molecular formula is C12H17NO5S. The molecule has 7 heteroatoms. The Balaban J connectivity index is 1.96. The van der Waals surface area contributed by atoms with Crippen molar-refractivity contribution in [3.8, 4) is 0 Å². The Hall–Kier alpha value is -1.34. The third kappa shape index (κ3) is 2.98. The summed E-state index contributed by atoms with van der Waals surface area (Å²) >= 11 is 0. The molecule has 2 rings (SSSR count). The number of furan rings is 1. The van der Waals surface area contributed by atoms with Gasteiger partial charge in [0, 0.05) is 14.1 Å². The zero-order valence-electron chi connectivity index (χ0n) is 11.0. The molecule has 0 saturated heterocycles. The van der Waals surface area contributed by atoms with Crippen LogP contribution in [0.4, 0.5) is 0 Å². The van der Waals surface area contributed by atoms with E-state index in [2.05, 4.69) is 0 Å². The Morgan fingerprint density at radius 3 is 2.63 bits per heavy atom. The van der Waals surface area contributed by atoms with Crippen LogP contribution in [0.25, 0.3) is 0 Å². The summed E-state index contributed by atoms with van der Waals surface area (Å²) in [4.78, 5) is 11.5. The van der Waals surface area contributed by atoms with Crippen molar-refractivity contribution in [2.24, 2.45) is 5.92 Å². The van der Waals surface area contributed by atoms with Gasteiger partial charge in [-0.25, -0.2) is 12.7 Å². The van der Waals surface area contributed by atoms with Crippen molar-refractivity contribution in [2.45, 2.75) is 31.0 Å². The van der Waals surface area contributed by atoms with E-state index < -0.39 is 10.0 Å². The van der Waals surface area contributed by atoms with Gasteiger partial charge in [0.15, 0.2) is 0 Å². The SMILES string of the molecule is CN(C)S(=O)(=O)c1ccc(COC(=O)C2CCC2)o1. The summed E-state index contributed by atoms with van der Waals surface area (Å²) in [5, 5.41) is -0.146. The molecule has 0 bridgehead atoms. The second-order valence-electron chi connectivity index (χ2n) is 4.74. The average molecular weight is 287 g/mol. The number of hydrogen-bond acceptors (Lipinski definition) is 5. The number of rotatable bonds is 5. The van der Waals surface area contributed by atoms with Crippen LogP contribution in [0.1, 0.15) is 25.0 Å². The van der Waals surface area contributed by atoms with Crippen LogP contribution in [-0.2, 0) is 26.2 Å². The van der Waals surface area contributed by atoms with E-state index in [0.717, 1.165) is 23.6 Å². The van der Waals surface area contributed by atoms with Crippen LogP contribution in [0.3, 0.4) is 0 Å². The predicted octanol–water partition coefficient (Wildman–Crippen LogP) is 1.37. The van der Waals surface area contributed by atoms with Gasteiger partial charge < -0.3 is 9.15 Å². The van der Waals surface area contributed by atoms with Crippen LogP contribution in [0, 0.1) is 5.92 Å². The fourth-order valence-corrected chi connectivity index (χ4v) is 2.47. The number of nitrogens with zero attached hydrogens (tertiary/aromatic N) is 1. The molecule has 0 aliphatic heterocycles. The van der Waals surface area contributed by atoms with E-state index in [0.29, 0.717) is 5.76 Å². The lowest BCUT2D eigenvalue weighted by Gasteiger charge is -2.22. The van der Waals surface area contributed by atoms with Crippen molar-refractivity contribution in [3.63, 3.8) is 0 Å². The van der Waals surface area contributed by atoms with Crippen molar-refractivity contribution in [3.05, 3.63) is 17.9 Å². The normalized spacial score (nSPS) is 16.4. The van der Waals surface area contributed by atoms with Crippen molar-refractivity contribution in [2.75, 3.05) is 14.1 Å². The van der Waals surface area contributed by atoms with Crippen LogP contribution in [-0.4, -0.2) is 32.8 Å². The highest BCUT2D eigenvalue weighted by molar-refractivity contribution is 7.88. The molecular weight excluding hydrogens is 270 g/mol. The van der Waals surface area contributed by atoms with Gasteiger partial charge in [-0.2, -0.15) is 0 Å². The first-order valence-electron chi connectivity index (χ1n) is 6.09.